The van der Waals surface area contributed by atoms with Crippen LogP contribution >= 0.6 is 0 Å². The molecule has 0 spiro atoms. The third-order valence-corrected chi connectivity index (χ3v) is 1.72. The Morgan fingerprint density at radius 2 is 2.27 bits per heavy atom. The number of carbonyl (C=O) groups excluding carboxylic acids is 1. The highest BCUT2D eigenvalue weighted by Crippen LogP contribution is 2.29. The highest BCUT2D eigenvalue weighted by Gasteiger charge is 2.33. The van der Waals surface area contributed by atoms with Crippen molar-refractivity contribution in [2.24, 2.45) is 5.92 Å². The lowest BCUT2D eigenvalue weighted by molar-refractivity contribution is -0.141. The average Bonchev–Trinajstić information content (AvgIpc) is 2.30. The molecule has 1 aliphatic heterocycles. The molecule has 1 heterocycles. The van der Waals surface area contributed by atoms with E-state index < -0.39 is 5.97 Å². The number of fused-ring (bicyclic) bond motifs is 1. The number of carbonyl (C=O) groups is 1. The Bertz CT molecular complexity index is 296. The van der Waals surface area contributed by atoms with Gasteiger partial charge in [0, 0.05) is 0 Å². The van der Waals surface area contributed by atoms with E-state index in [2.05, 4.69) is 4.74 Å². The zero-order valence-electron chi connectivity index (χ0n) is 5.65. The number of cyclic esters (lactones) is 1. The molecular formula is C8H6O3. The molecule has 0 amide bonds. The Balaban J connectivity index is 2.46. The normalized spacial score (nSPS) is 27.3. The molecule has 0 saturated heterocycles. The van der Waals surface area contributed by atoms with Crippen LogP contribution in [-0.4, -0.2) is 11.1 Å². The zero-order valence-corrected chi connectivity index (χ0v) is 5.65. The van der Waals surface area contributed by atoms with Crippen molar-refractivity contribution >= 4 is 5.97 Å². The van der Waals surface area contributed by atoms with E-state index in [0.717, 1.165) is 0 Å². The van der Waals surface area contributed by atoms with Crippen LogP contribution in [0.5, 0.6) is 0 Å². The predicted octanol–water partition coefficient (Wildman–Crippen LogP) is 1.05. The monoisotopic (exact) mass is 150 g/mol. The van der Waals surface area contributed by atoms with Crippen molar-refractivity contribution in [1.82, 2.24) is 0 Å². The lowest BCUT2D eigenvalue weighted by Gasteiger charge is -2.02. The number of aliphatic hydroxyl groups excluding tert-OH is 1. The Kier molecular flexibility index (Phi) is 1.12. The smallest absolute Gasteiger partial charge is 0.325 e. The standard InChI is InChI=1S/C8H6O3/c9-7-5-3-1-2-4-6(5)8(10)11-7/h1-5,10H. The van der Waals surface area contributed by atoms with Crippen molar-refractivity contribution in [2.75, 3.05) is 0 Å². The summed E-state index contributed by atoms with van der Waals surface area (Å²) in [6, 6.07) is 0. The maximum Gasteiger partial charge on any atom is 0.325 e. The van der Waals surface area contributed by atoms with Gasteiger partial charge in [-0.2, -0.15) is 0 Å². The molecule has 1 atom stereocenters. The molecule has 11 heavy (non-hydrogen) atoms. The van der Waals surface area contributed by atoms with E-state index >= 15 is 0 Å². The molecule has 1 aliphatic carbocycles. The fourth-order valence-electron chi connectivity index (χ4n) is 1.17. The van der Waals surface area contributed by atoms with Crippen LogP contribution in [0.25, 0.3) is 0 Å². The fourth-order valence-corrected chi connectivity index (χ4v) is 1.17. The Morgan fingerprint density at radius 1 is 1.45 bits per heavy atom. The van der Waals surface area contributed by atoms with Crippen molar-refractivity contribution in [3.05, 3.63) is 35.8 Å². The van der Waals surface area contributed by atoms with Crippen molar-refractivity contribution in [3.8, 4) is 0 Å². The lowest BCUT2D eigenvalue weighted by Crippen LogP contribution is -2.08. The van der Waals surface area contributed by atoms with Crippen LogP contribution in [0.1, 0.15) is 0 Å². The second kappa shape index (κ2) is 1.99. The molecule has 1 N–H and O–H groups in total. The van der Waals surface area contributed by atoms with Gasteiger partial charge in [-0.25, -0.2) is 0 Å². The second-order valence-corrected chi connectivity index (χ2v) is 2.40. The molecule has 0 bridgehead atoms. The van der Waals surface area contributed by atoms with Gasteiger partial charge in [0.1, 0.15) is 5.92 Å². The Labute approximate surface area is 63.3 Å². The molecule has 3 nitrogen and oxygen atoms in total. The minimum atomic E-state index is -0.405. The highest BCUT2D eigenvalue weighted by molar-refractivity contribution is 5.83. The first kappa shape index (κ1) is 6.22. The molecule has 0 aromatic carbocycles. The SMILES string of the molecule is O=C1OC(O)=C2C=CC=CC12. The van der Waals surface area contributed by atoms with E-state index in [0.29, 0.717) is 5.57 Å². The summed E-state index contributed by atoms with van der Waals surface area (Å²) in [5.74, 6) is -1.06. The molecular weight excluding hydrogens is 144 g/mol. The van der Waals surface area contributed by atoms with Crippen LogP contribution in [0.2, 0.25) is 0 Å². The summed E-state index contributed by atoms with van der Waals surface area (Å²) in [4.78, 5) is 10.9. The van der Waals surface area contributed by atoms with Gasteiger partial charge in [-0.15, -0.1) is 0 Å². The third-order valence-electron chi connectivity index (χ3n) is 1.72. The van der Waals surface area contributed by atoms with Crippen molar-refractivity contribution in [1.29, 1.82) is 0 Å². The second-order valence-electron chi connectivity index (χ2n) is 2.40. The predicted molar refractivity (Wildman–Crippen MR) is 37.5 cm³/mol. The van der Waals surface area contributed by atoms with E-state index in [-0.39, 0.29) is 11.9 Å². The minimum absolute atomic E-state index is 0.263. The van der Waals surface area contributed by atoms with Crippen LogP contribution in [0.3, 0.4) is 0 Å². The largest absolute Gasteiger partial charge is 0.480 e. The van der Waals surface area contributed by atoms with Gasteiger partial charge < -0.3 is 9.84 Å². The van der Waals surface area contributed by atoms with Gasteiger partial charge in [0.2, 0.25) is 0 Å². The fraction of sp³-hybridized carbons (Fsp3) is 0.125. The van der Waals surface area contributed by atoms with Gasteiger partial charge in [-0.05, 0) is 0 Å². The summed E-state index contributed by atoms with van der Waals surface area (Å²) < 4.78 is 4.50. The van der Waals surface area contributed by atoms with Crippen molar-refractivity contribution in [2.45, 2.75) is 0 Å². The minimum Gasteiger partial charge on any atom is -0.480 e. The first-order valence-electron chi connectivity index (χ1n) is 3.29. The molecule has 2 rings (SSSR count). The van der Waals surface area contributed by atoms with Crippen LogP contribution < -0.4 is 0 Å². The van der Waals surface area contributed by atoms with Crippen LogP contribution in [0, 0.1) is 5.92 Å². The summed E-state index contributed by atoms with van der Waals surface area (Å²) in [7, 11) is 0. The first-order chi connectivity index (χ1) is 5.29. The third kappa shape index (κ3) is 0.774. The lowest BCUT2D eigenvalue weighted by atomic mass is 9.97. The summed E-state index contributed by atoms with van der Waals surface area (Å²) in [6.07, 6.45) is 6.88. The van der Waals surface area contributed by atoms with Crippen LogP contribution in [-0.2, 0) is 9.53 Å². The highest BCUT2D eigenvalue weighted by atomic mass is 16.6. The maximum atomic E-state index is 10.9. The van der Waals surface area contributed by atoms with Crippen LogP contribution in [0.4, 0.5) is 0 Å². The first-order valence-corrected chi connectivity index (χ1v) is 3.29. The van der Waals surface area contributed by atoms with Crippen molar-refractivity contribution in [3.63, 3.8) is 0 Å². The van der Waals surface area contributed by atoms with E-state index in [4.69, 9.17) is 5.11 Å². The van der Waals surface area contributed by atoms with Gasteiger partial charge in [-0.1, -0.05) is 24.3 Å². The number of aliphatic hydroxyl groups is 1. The number of hydrogen-bond acceptors (Lipinski definition) is 3. The van der Waals surface area contributed by atoms with Gasteiger partial charge in [0.15, 0.2) is 0 Å². The number of hydrogen-bond donors (Lipinski definition) is 1. The average molecular weight is 150 g/mol. The molecule has 0 saturated carbocycles. The van der Waals surface area contributed by atoms with Gasteiger partial charge in [0.05, 0.1) is 5.57 Å². The maximum absolute atomic E-state index is 10.9. The van der Waals surface area contributed by atoms with Gasteiger partial charge >= 0.3 is 5.97 Å². The van der Waals surface area contributed by atoms with Crippen LogP contribution in [0.15, 0.2) is 35.8 Å². The molecule has 3 heteroatoms. The Hall–Kier alpha value is -1.51. The topological polar surface area (TPSA) is 46.5 Å². The molecule has 2 aliphatic rings. The summed E-state index contributed by atoms with van der Waals surface area (Å²) in [5, 5.41) is 9.05. The quantitative estimate of drug-likeness (QED) is 0.525. The summed E-state index contributed by atoms with van der Waals surface area (Å²) >= 11 is 0. The van der Waals surface area contributed by atoms with E-state index in [9.17, 15) is 4.79 Å². The molecule has 0 radical (unpaired) electrons. The van der Waals surface area contributed by atoms with E-state index in [1.807, 2.05) is 0 Å². The molecule has 56 valence electrons. The number of allylic oxidation sites excluding steroid dienone is 3. The number of ether oxygens (including phenoxy) is 1. The van der Waals surface area contributed by atoms with Gasteiger partial charge in [0.25, 0.3) is 5.95 Å². The van der Waals surface area contributed by atoms with E-state index in [1.165, 1.54) is 0 Å². The molecule has 0 aromatic rings. The summed E-state index contributed by atoms with van der Waals surface area (Å²) in [5.41, 5.74) is 0.553. The number of esters is 1. The summed E-state index contributed by atoms with van der Waals surface area (Å²) in [6.45, 7) is 0. The molecule has 0 aromatic heterocycles. The van der Waals surface area contributed by atoms with Gasteiger partial charge in [-0.3, -0.25) is 4.79 Å². The Morgan fingerprint density at radius 3 is 3.00 bits per heavy atom. The van der Waals surface area contributed by atoms with Crippen molar-refractivity contribution < 1.29 is 14.6 Å². The van der Waals surface area contributed by atoms with E-state index in [1.54, 1.807) is 24.3 Å². The molecule has 1 unspecified atom stereocenters. The molecule has 0 fully saturated rings. The number of rotatable bonds is 0. The zero-order chi connectivity index (χ0) is 7.84.